The van der Waals surface area contributed by atoms with Gasteiger partial charge in [-0.1, -0.05) is 31.7 Å². The van der Waals surface area contributed by atoms with E-state index in [4.69, 9.17) is 5.73 Å². The molecule has 2 heteroatoms. The Morgan fingerprint density at radius 1 is 1.33 bits per heavy atom. The second-order valence-corrected chi connectivity index (χ2v) is 5.76. The monoisotopic (exact) mass is 249 g/mol. The molecule has 1 aromatic carbocycles. The molecule has 0 aromatic heterocycles. The average molecular weight is 249 g/mol. The van der Waals surface area contributed by atoms with Gasteiger partial charge in [0.2, 0.25) is 0 Å². The van der Waals surface area contributed by atoms with Gasteiger partial charge in [0.1, 0.15) is 5.82 Å². The van der Waals surface area contributed by atoms with Gasteiger partial charge >= 0.3 is 0 Å². The zero-order chi connectivity index (χ0) is 13.0. The van der Waals surface area contributed by atoms with Crippen LogP contribution < -0.4 is 5.73 Å². The summed E-state index contributed by atoms with van der Waals surface area (Å²) in [5, 5.41) is 0. The average Bonchev–Trinajstić information content (AvgIpc) is 2.84. The standard InChI is InChI=1S/C16H24FN/c1-12-6-8-15(17)10-14(12)11-16(18)9-7-13-4-2-3-5-13/h6,8,10,13,16H,2-5,7,9,11,18H2,1H3. The molecule has 1 fully saturated rings. The summed E-state index contributed by atoms with van der Waals surface area (Å²) in [5.74, 6) is 0.739. The predicted molar refractivity (Wildman–Crippen MR) is 74.0 cm³/mol. The molecular formula is C16H24FN. The van der Waals surface area contributed by atoms with Crippen molar-refractivity contribution in [3.05, 3.63) is 35.1 Å². The summed E-state index contributed by atoms with van der Waals surface area (Å²) >= 11 is 0. The van der Waals surface area contributed by atoms with Crippen LogP contribution in [0.3, 0.4) is 0 Å². The molecule has 0 saturated heterocycles. The molecule has 0 bridgehead atoms. The fourth-order valence-corrected chi connectivity index (χ4v) is 2.99. The number of halogens is 1. The first-order chi connectivity index (χ1) is 8.65. The Bertz CT molecular complexity index is 383. The Morgan fingerprint density at radius 3 is 2.78 bits per heavy atom. The molecule has 0 amide bonds. The third kappa shape index (κ3) is 3.81. The van der Waals surface area contributed by atoms with Crippen LogP contribution in [0.15, 0.2) is 18.2 Å². The lowest BCUT2D eigenvalue weighted by Crippen LogP contribution is -2.24. The predicted octanol–water partition coefficient (Wildman–Crippen LogP) is 3.97. The molecular weight excluding hydrogens is 225 g/mol. The smallest absolute Gasteiger partial charge is 0.123 e. The fraction of sp³-hybridized carbons (Fsp3) is 0.625. The number of hydrogen-bond acceptors (Lipinski definition) is 1. The molecule has 2 N–H and O–H groups in total. The lowest BCUT2D eigenvalue weighted by Gasteiger charge is -2.16. The lowest BCUT2D eigenvalue weighted by molar-refractivity contribution is 0.446. The third-order valence-electron chi connectivity index (χ3n) is 4.21. The highest BCUT2D eigenvalue weighted by molar-refractivity contribution is 5.27. The van der Waals surface area contributed by atoms with E-state index in [0.29, 0.717) is 0 Å². The third-order valence-corrected chi connectivity index (χ3v) is 4.21. The molecule has 1 atom stereocenters. The summed E-state index contributed by atoms with van der Waals surface area (Å²) in [4.78, 5) is 0. The molecule has 0 radical (unpaired) electrons. The van der Waals surface area contributed by atoms with Crippen LogP contribution in [0, 0.1) is 18.7 Å². The largest absolute Gasteiger partial charge is 0.327 e. The Morgan fingerprint density at radius 2 is 2.06 bits per heavy atom. The second-order valence-electron chi connectivity index (χ2n) is 5.76. The van der Waals surface area contributed by atoms with Crippen LogP contribution >= 0.6 is 0 Å². The van der Waals surface area contributed by atoms with Crippen molar-refractivity contribution >= 4 is 0 Å². The van der Waals surface area contributed by atoms with Gasteiger partial charge in [0.15, 0.2) is 0 Å². The summed E-state index contributed by atoms with van der Waals surface area (Å²) in [6, 6.07) is 5.16. The van der Waals surface area contributed by atoms with Crippen molar-refractivity contribution in [3.63, 3.8) is 0 Å². The van der Waals surface area contributed by atoms with Gasteiger partial charge in [-0.2, -0.15) is 0 Å². The fourth-order valence-electron chi connectivity index (χ4n) is 2.99. The van der Waals surface area contributed by atoms with E-state index in [1.807, 2.05) is 13.0 Å². The number of nitrogens with two attached hydrogens (primary N) is 1. The molecule has 1 unspecified atom stereocenters. The Hall–Kier alpha value is -0.890. The minimum absolute atomic E-state index is 0.154. The summed E-state index contributed by atoms with van der Waals surface area (Å²) in [7, 11) is 0. The Kier molecular flexibility index (Phi) is 4.76. The van der Waals surface area contributed by atoms with Crippen LogP contribution in [-0.2, 0) is 6.42 Å². The molecule has 0 heterocycles. The summed E-state index contributed by atoms with van der Waals surface area (Å²) in [6.07, 6.45) is 8.66. The number of hydrogen-bond donors (Lipinski definition) is 1. The number of aryl methyl sites for hydroxylation is 1. The topological polar surface area (TPSA) is 26.0 Å². The van der Waals surface area contributed by atoms with Gasteiger partial charge in [-0.3, -0.25) is 0 Å². The molecule has 1 saturated carbocycles. The maximum absolute atomic E-state index is 13.2. The first kappa shape index (κ1) is 13.5. The second kappa shape index (κ2) is 6.33. The first-order valence-electron chi connectivity index (χ1n) is 7.16. The molecule has 2 rings (SSSR count). The van der Waals surface area contributed by atoms with Crippen molar-refractivity contribution in [2.75, 3.05) is 0 Å². The van der Waals surface area contributed by atoms with Crippen LogP contribution in [0.2, 0.25) is 0 Å². The van der Waals surface area contributed by atoms with Crippen LogP contribution in [0.1, 0.15) is 49.7 Å². The van der Waals surface area contributed by atoms with E-state index >= 15 is 0 Å². The van der Waals surface area contributed by atoms with Crippen molar-refractivity contribution in [2.45, 2.75) is 57.9 Å². The van der Waals surface area contributed by atoms with Gasteiger partial charge < -0.3 is 5.73 Å². The number of benzene rings is 1. The molecule has 1 aliphatic rings. The highest BCUT2D eigenvalue weighted by Gasteiger charge is 2.16. The van der Waals surface area contributed by atoms with E-state index in [0.717, 1.165) is 29.9 Å². The van der Waals surface area contributed by atoms with Crippen molar-refractivity contribution in [1.29, 1.82) is 0 Å². The zero-order valence-corrected chi connectivity index (χ0v) is 11.3. The number of rotatable bonds is 5. The molecule has 0 spiro atoms. The van der Waals surface area contributed by atoms with Gasteiger partial charge in [-0.15, -0.1) is 0 Å². The normalized spacial score (nSPS) is 18.2. The molecule has 0 aliphatic heterocycles. The van der Waals surface area contributed by atoms with E-state index in [9.17, 15) is 4.39 Å². The van der Waals surface area contributed by atoms with Gasteiger partial charge in [-0.25, -0.2) is 4.39 Å². The molecule has 18 heavy (non-hydrogen) atoms. The minimum Gasteiger partial charge on any atom is -0.327 e. The Labute approximate surface area is 110 Å². The highest BCUT2D eigenvalue weighted by atomic mass is 19.1. The van der Waals surface area contributed by atoms with Crippen LogP contribution in [-0.4, -0.2) is 6.04 Å². The van der Waals surface area contributed by atoms with E-state index in [1.54, 1.807) is 6.07 Å². The van der Waals surface area contributed by atoms with E-state index in [-0.39, 0.29) is 11.9 Å². The van der Waals surface area contributed by atoms with E-state index < -0.39 is 0 Å². The van der Waals surface area contributed by atoms with Crippen LogP contribution in [0.5, 0.6) is 0 Å². The molecule has 1 nitrogen and oxygen atoms in total. The SMILES string of the molecule is Cc1ccc(F)cc1CC(N)CCC1CCCC1. The lowest BCUT2D eigenvalue weighted by atomic mass is 9.94. The van der Waals surface area contributed by atoms with Crippen molar-refractivity contribution in [1.82, 2.24) is 0 Å². The molecule has 100 valence electrons. The van der Waals surface area contributed by atoms with Crippen molar-refractivity contribution < 1.29 is 4.39 Å². The summed E-state index contributed by atoms with van der Waals surface area (Å²) in [5.41, 5.74) is 8.39. The van der Waals surface area contributed by atoms with Crippen LogP contribution in [0.4, 0.5) is 4.39 Å². The maximum Gasteiger partial charge on any atom is 0.123 e. The minimum atomic E-state index is -0.154. The van der Waals surface area contributed by atoms with Crippen molar-refractivity contribution in [2.24, 2.45) is 11.7 Å². The first-order valence-corrected chi connectivity index (χ1v) is 7.16. The zero-order valence-electron chi connectivity index (χ0n) is 11.3. The maximum atomic E-state index is 13.2. The van der Waals surface area contributed by atoms with Gasteiger partial charge in [0.25, 0.3) is 0 Å². The van der Waals surface area contributed by atoms with Gasteiger partial charge in [0, 0.05) is 6.04 Å². The van der Waals surface area contributed by atoms with E-state index in [1.165, 1.54) is 38.2 Å². The highest BCUT2D eigenvalue weighted by Crippen LogP contribution is 2.29. The quantitative estimate of drug-likeness (QED) is 0.839. The summed E-state index contributed by atoms with van der Waals surface area (Å²) < 4.78 is 13.2. The summed E-state index contributed by atoms with van der Waals surface area (Å²) in [6.45, 7) is 2.03. The van der Waals surface area contributed by atoms with Crippen LogP contribution in [0.25, 0.3) is 0 Å². The Balaban J connectivity index is 1.82. The van der Waals surface area contributed by atoms with Gasteiger partial charge in [-0.05, 0) is 55.4 Å². The molecule has 1 aromatic rings. The molecule has 1 aliphatic carbocycles. The van der Waals surface area contributed by atoms with E-state index in [2.05, 4.69) is 0 Å². The van der Waals surface area contributed by atoms with Crippen molar-refractivity contribution in [3.8, 4) is 0 Å². The van der Waals surface area contributed by atoms with Gasteiger partial charge in [0.05, 0.1) is 0 Å².